The van der Waals surface area contributed by atoms with Crippen molar-refractivity contribution in [2.75, 3.05) is 24.5 Å². The van der Waals surface area contributed by atoms with Crippen LogP contribution in [0.3, 0.4) is 0 Å². The molecule has 1 aliphatic heterocycles. The standard InChI is InChI=1S/C14H19N5O2/c15-4-1-9-2-5-19(6-3-9)14-12-10(17-8-18-14)7-11(21-12)13(16)20/h7-9H,1-6,15H2,(H2,16,20). The fourth-order valence-corrected chi connectivity index (χ4v) is 2.86. The molecule has 3 rings (SSSR count). The minimum Gasteiger partial charge on any atom is -0.445 e. The second-order valence-electron chi connectivity index (χ2n) is 5.39. The lowest BCUT2D eigenvalue weighted by Crippen LogP contribution is -2.34. The summed E-state index contributed by atoms with van der Waals surface area (Å²) in [5, 5.41) is 0. The summed E-state index contributed by atoms with van der Waals surface area (Å²) < 4.78 is 5.53. The van der Waals surface area contributed by atoms with Crippen molar-refractivity contribution in [3.05, 3.63) is 18.2 Å². The van der Waals surface area contributed by atoms with Gasteiger partial charge < -0.3 is 20.8 Å². The highest BCUT2D eigenvalue weighted by Crippen LogP contribution is 2.29. The van der Waals surface area contributed by atoms with E-state index in [9.17, 15) is 4.79 Å². The van der Waals surface area contributed by atoms with Gasteiger partial charge in [-0.1, -0.05) is 0 Å². The highest BCUT2D eigenvalue weighted by atomic mass is 16.3. The second-order valence-corrected chi connectivity index (χ2v) is 5.39. The number of furan rings is 1. The summed E-state index contributed by atoms with van der Waals surface area (Å²) >= 11 is 0. The number of aromatic nitrogens is 2. The smallest absolute Gasteiger partial charge is 0.284 e. The molecule has 0 radical (unpaired) electrons. The van der Waals surface area contributed by atoms with Crippen molar-refractivity contribution >= 4 is 22.8 Å². The predicted octanol–water partition coefficient (Wildman–Crippen LogP) is 0.887. The van der Waals surface area contributed by atoms with Gasteiger partial charge in [0.25, 0.3) is 5.91 Å². The fourth-order valence-electron chi connectivity index (χ4n) is 2.86. The van der Waals surface area contributed by atoms with Crippen LogP contribution in [0.1, 0.15) is 29.8 Å². The SMILES string of the molecule is NCCC1CCN(c2ncnc3cc(C(N)=O)oc23)CC1. The van der Waals surface area contributed by atoms with Crippen molar-refractivity contribution < 1.29 is 9.21 Å². The van der Waals surface area contributed by atoms with E-state index in [2.05, 4.69) is 14.9 Å². The van der Waals surface area contributed by atoms with Gasteiger partial charge in [-0.05, 0) is 31.7 Å². The topological polar surface area (TPSA) is 111 Å². The van der Waals surface area contributed by atoms with Crippen LogP contribution in [0, 0.1) is 5.92 Å². The van der Waals surface area contributed by atoms with E-state index < -0.39 is 5.91 Å². The molecule has 7 heteroatoms. The van der Waals surface area contributed by atoms with E-state index in [0.717, 1.165) is 44.7 Å². The van der Waals surface area contributed by atoms with Gasteiger partial charge in [0, 0.05) is 19.2 Å². The molecule has 2 aromatic heterocycles. The number of anilines is 1. The number of hydrogen-bond donors (Lipinski definition) is 2. The van der Waals surface area contributed by atoms with E-state index in [1.54, 1.807) is 6.07 Å². The molecule has 0 aliphatic carbocycles. The van der Waals surface area contributed by atoms with Gasteiger partial charge in [-0.15, -0.1) is 0 Å². The molecule has 112 valence electrons. The van der Waals surface area contributed by atoms with Crippen LogP contribution in [0.25, 0.3) is 11.1 Å². The van der Waals surface area contributed by atoms with Gasteiger partial charge in [-0.25, -0.2) is 9.97 Å². The third-order valence-electron chi connectivity index (χ3n) is 4.02. The van der Waals surface area contributed by atoms with Crippen LogP contribution < -0.4 is 16.4 Å². The van der Waals surface area contributed by atoms with E-state index in [1.165, 1.54) is 6.33 Å². The van der Waals surface area contributed by atoms with Gasteiger partial charge >= 0.3 is 0 Å². The molecule has 0 aromatic carbocycles. The molecule has 0 atom stereocenters. The summed E-state index contributed by atoms with van der Waals surface area (Å²) in [6.07, 6.45) is 4.74. The Hall–Kier alpha value is -2.15. The molecule has 1 amide bonds. The zero-order valence-corrected chi connectivity index (χ0v) is 11.8. The van der Waals surface area contributed by atoms with E-state index in [0.29, 0.717) is 17.0 Å². The lowest BCUT2D eigenvalue weighted by Gasteiger charge is -2.32. The first-order valence-electron chi connectivity index (χ1n) is 7.18. The van der Waals surface area contributed by atoms with Crippen molar-refractivity contribution in [1.82, 2.24) is 9.97 Å². The van der Waals surface area contributed by atoms with Crippen LogP contribution >= 0.6 is 0 Å². The quantitative estimate of drug-likeness (QED) is 0.864. The summed E-state index contributed by atoms with van der Waals surface area (Å²) in [6, 6.07) is 1.56. The number of amides is 1. The first kappa shape index (κ1) is 13.8. The van der Waals surface area contributed by atoms with Gasteiger partial charge in [0.05, 0.1) is 0 Å². The van der Waals surface area contributed by atoms with E-state index in [1.807, 2.05) is 0 Å². The van der Waals surface area contributed by atoms with Gasteiger partial charge in [-0.3, -0.25) is 4.79 Å². The predicted molar refractivity (Wildman–Crippen MR) is 78.9 cm³/mol. The number of nitrogens with zero attached hydrogens (tertiary/aromatic N) is 3. The summed E-state index contributed by atoms with van der Waals surface area (Å²) in [7, 11) is 0. The minimum absolute atomic E-state index is 0.116. The van der Waals surface area contributed by atoms with Crippen LogP contribution in [-0.2, 0) is 0 Å². The maximum atomic E-state index is 11.2. The molecule has 0 spiro atoms. The number of carbonyl (C=O) groups excluding carboxylic acids is 1. The molecule has 7 nitrogen and oxygen atoms in total. The number of primary amides is 1. The minimum atomic E-state index is -0.597. The Morgan fingerprint density at radius 3 is 2.81 bits per heavy atom. The third-order valence-corrected chi connectivity index (χ3v) is 4.02. The van der Waals surface area contributed by atoms with Crippen molar-refractivity contribution in [1.29, 1.82) is 0 Å². The summed E-state index contributed by atoms with van der Waals surface area (Å²) in [5.74, 6) is 0.936. The van der Waals surface area contributed by atoms with Crippen molar-refractivity contribution in [2.24, 2.45) is 17.4 Å². The molecule has 4 N–H and O–H groups in total. The Morgan fingerprint density at radius 1 is 1.38 bits per heavy atom. The lowest BCUT2D eigenvalue weighted by molar-refractivity contribution is 0.0976. The average molecular weight is 289 g/mol. The Morgan fingerprint density at radius 2 is 2.14 bits per heavy atom. The van der Waals surface area contributed by atoms with Crippen LogP contribution in [0.2, 0.25) is 0 Å². The second kappa shape index (κ2) is 5.69. The molecular formula is C14H19N5O2. The summed E-state index contributed by atoms with van der Waals surface area (Å²) in [6.45, 7) is 2.55. The maximum absolute atomic E-state index is 11.2. The number of fused-ring (bicyclic) bond motifs is 1. The molecule has 21 heavy (non-hydrogen) atoms. The molecule has 1 fully saturated rings. The van der Waals surface area contributed by atoms with E-state index >= 15 is 0 Å². The van der Waals surface area contributed by atoms with Gasteiger partial charge in [0.2, 0.25) is 0 Å². The number of nitrogens with two attached hydrogens (primary N) is 2. The van der Waals surface area contributed by atoms with Crippen LogP contribution in [0.5, 0.6) is 0 Å². The Balaban J connectivity index is 1.85. The van der Waals surface area contributed by atoms with Crippen LogP contribution in [-0.4, -0.2) is 35.5 Å². The Kier molecular flexibility index (Phi) is 3.74. The molecule has 1 saturated heterocycles. The fraction of sp³-hybridized carbons (Fsp3) is 0.500. The van der Waals surface area contributed by atoms with Crippen molar-refractivity contribution in [3.63, 3.8) is 0 Å². The zero-order chi connectivity index (χ0) is 14.8. The number of rotatable bonds is 4. The molecule has 0 unspecified atom stereocenters. The largest absolute Gasteiger partial charge is 0.445 e. The molecular weight excluding hydrogens is 270 g/mol. The first-order chi connectivity index (χ1) is 10.2. The summed E-state index contributed by atoms with van der Waals surface area (Å²) in [5.41, 5.74) is 12.0. The van der Waals surface area contributed by atoms with Gasteiger partial charge in [-0.2, -0.15) is 0 Å². The summed E-state index contributed by atoms with van der Waals surface area (Å²) in [4.78, 5) is 21.8. The number of carbonyl (C=O) groups is 1. The highest BCUT2D eigenvalue weighted by Gasteiger charge is 2.23. The molecule has 0 saturated carbocycles. The zero-order valence-electron chi connectivity index (χ0n) is 11.8. The van der Waals surface area contributed by atoms with Crippen molar-refractivity contribution in [2.45, 2.75) is 19.3 Å². The molecule has 0 bridgehead atoms. The third kappa shape index (κ3) is 2.69. The van der Waals surface area contributed by atoms with Gasteiger partial charge in [0.1, 0.15) is 11.8 Å². The lowest BCUT2D eigenvalue weighted by atomic mass is 9.94. The maximum Gasteiger partial charge on any atom is 0.284 e. The first-order valence-corrected chi connectivity index (χ1v) is 7.18. The average Bonchev–Trinajstić information content (AvgIpc) is 2.93. The highest BCUT2D eigenvalue weighted by molar-refractivity contribution is 5.96. The van der Waals surface area contributed by atoms with E-state index in [-0.39, 0.29) is 5.76 Å². The number of piperidine rings is 1. The molecule has 2 aromatic rings. The monoisotopic (exact) mass is 289 g/mol. The Labute approximate surface area is 122 Å². The van der Waals surface area contributed by atoms with Crippen LogP contribution in [0.4, 0.5) is 5.82 Å². The normalized spacial score (nSPS) is 16.5. The number of hydrogen-bond acceptors (Lipinski definition) is 6. The van der Waals surface area contributed by atoms with E-state index in [4.69, 9.17) is 15.9 Å². The molecule has 1 aliphatic rings. The van der Waals surface area contributed by atoms with Gasteiger partial charge in [0.15, 0.2) is 17.2 Å². The molecule has 3 heterocycles. The van der Waals surface area contributed by atoms with Crippen LogP contribution in [0.15, 0.2) is 16.8 Å². The Bertz CT molecular complexity index is 646. The van der Waals surface area contributed by atoms with Crippen molar-refractivity contribution in [3.8, 4) is 0 Å².